The molecule has 0 heterocycles. The van der Waals surface area contributed by atoms with Crippen LogP contribution in [-0.4, -0.2) is 16.5 Å². The maximum absolute atomic E-state index is 8.43. The van der Waals surface area contributed by atoms with Crippen LogP contribution in [0.5, 0.6) is 0 Å². The Bertz CT molecular complexity index is 87.3. The number of hydrogen-bond donors (Lipinski definition) is 2. The number of unbranched alkanes of at least 4 members (excludes halogenated alkanes) is 1. The molecule has 0 aromatic heterocycles. The standard InChI is InChI=1S/C8H16O2/c1-2-3-4-5-6-7-8(9)10/h4-5,8-10H,2-3,6-7H2,1H3. The topological polar surface area (TPSA) is 40.5 Å². The first kappa shape index (κ1) is 9.66. The summed E-state index contributed by atoms with van der Waals surface area (Å²) in [5.41, 5.74) is 0. The lowest BCUT2D eigenvalue weighted by molar-refractivity contribution is -0.0442. The van der Waals surface area contributed by atoms with Gasteiger partial charge in [0.25, 0.3) is 0 Å². The van der Waals surface area contributed by atoms with Gasteiger partial charge in [-0.3, -0.25) is 0 Å². The first-order valence-electron chi connectivity index (χ1n) is 3.78. The summed E-state index contributed by atoms with van der Waals surface area (Å²) in [6.07, 6.45) is 6.36. The van der Waals surface area contributed by atoms with Crippen LogP contribution >= 0.6 is 0 Å². The molecule has 0 aromatic rings. The van der Waals surface area contributed by atoms with Crippen LogP contribution in [0.2, 0.25) is 0 Å². The number of allylic oxidation sites excluding steroid dienone is 2. The van der Waals surface area contributed by atoms with E-state index in [0.29, 0.717) is 6.42 Å². The second-order valence-corrected chi connectivity index (χ2v) is 2.32. The molecule has 0 bridgehead atoms. The van der Waals surface area contributed by atoms with E-state index in [1.165, 1.54) is 0 Å². The van der Waals surface area contributed by atoms with Gasteiger partial charge in [-0.2, -0.15) is 0 Å². The third-order valence-corrected chi connectivity index (χ3v) is 1.21. The smallest absolute Gasteiger partial charge is 0.151 e. The number of aliphatic hydroxyl groups is 2. The Balaban J connectivity index is 3.02. The SMILES string of the molecule is CCCC=CCCC(O)O. The lowest BCUT2D eigenvalue weighted by atomic mass is 10.2. The first-order valence-corrected chi connectivity index (χ1v) is 3.78. The molecule has 0 amide bonds. The molecule has 2 heteroatoms. The van der Waals surface area contributed by atoms with Crippen LogP contribution in [-0.2, 0) is 0 Å². The van der Waals surface area contributed by atoms with Gasteiger partial charge in [0.05, 0.1) is 0 Å². The first-order chi connectivity index (χ1) is 4.77. The molecule has 60 valence electrons. The van der Waals surface area contributed by atoms with Crippen molar-refractivity contribution in [2.75, 3.05) is 0 Å². The molecule has 0 aromatic carbocycles. The Hall–Kier alpha value is -0.340. The van der Waals surface area contributed by atoms with E-state index in [1.54, 1.807) is 0 Å². The Labute approximate surface area is 62.2 Å². The Morgan fingerprint density at radius 2 is 1.80 bits per heavy atom. The minimum Gasteiger partial charge on any atom is -0.368 e. The molecule has 0 radical (unpaired) electrons. The molecular weight excluding hydrogens is 128 g/mol. The minimum absolute atomic E-state index is 0.445. The minimum atomic E-state index is -1.15. The van der Waals surface area contributed by atoms with Gasteiger partial charge in [0.1, 0.15) is 0 Å². The van der Waals surface area contributed by atoms with Crippen LogP contribution in [0.3, 0.4) is 0 Å². The quantitative estimate of drug-likeness (QED) is 0.452. The predicted octanol–water partition coefficient (Wildman–Crippen LogP) is 1.43. The average Bonchev–Trinajstić information content (AvgIpc) is 1.87. The van der Waals surface area contributed by atoms with Crippen molar-refractivity contribution in [3.63, 3.8) is 0 Å². The van der Waals surface area contributed by atoms with Crippen molar-refractivity contribution in [1.29, 1.82) is 0 Å². The molecule has 0 atom stereocenters. The van der Waals surface area contributed by atoms with Gasteiger partial charge in [0, 0.05) is 6.42 Å². The normalized spacial score (nSPS) is 11.6. The summed E-state index contributed by atoms with van der Waals surface area (Å²) in [5.74, 6) is 0. The molecule has 0 saturated heterocycles. The fraction of sp³-hybridized carbons (Fsp3) is 0.750. The highest BCUT2D eigenvalue weighted by Gasteiger charge is 1.91. The lowest BCUT2D eigenvalue weighted by Crippen LogP contribution is -2.01. The highest BCUT2D eigenvalue weighted by atomic mass is 16.5. The van der Waals surface area contributed by atoms with Crippen molar-refractivity contribution in [2.45, 2.75) is 38.9 Å². The largest absolute Gasteiger partial charge is 0.368 e. The van der Waals surface area contributed by atoms with Gasteiger partial charge in [-0.05, 0) is 12.8 Å². The predicted molar refractivity (Wildman–Crippen MR) is 41.5 cm³/mol. The van der Waals surface area contributed by atoms with Gasteiger partial charge in [-0.1, -0.05) is 25.5 Å². The molecule has 0 aliphatic carbocycles. The fourth-order valence-electron chi connectivity index (χ4n) is 0.648. The third-order valence-electron chi connectivity index (χ3n) is 1.21. The van der Waals surface area contributed by atoms with Crippen molar-refractivity contribution in [1.82, 2.24) is 0 Å². The van der Waals surface area contributed by atoms with Crippen molar-refractivity contribution < 1.29 is 10.2 Å². The fourth-order valence-corrected chi connectivity index (χ4v) is 0.648. The van der Waals surface area contributed by atoms with Crippen LogP contribution < -0.4 is 0 Å². The van der Waals surface area contributed by atoms with E-state index in [9.17, 15) is 0 Å². The van der Waals surface area contributed by atoms with Gasteiger partial charge >= 0.3 is 0 Å². The highest BCUT2D eigenvalue weighted by molar-refractivity contribution is 4.80. The number of hydrogen-bond acceptors (Lipinski definition) is 2. The summed E-state index contributed by atoms with van der Waals surface area (Å²) in [6.45, 7) is 2.12. The van der Waals surface area contributed by atoms with E-state index < -0.39 is 6.29 Å². The summed E-state index contributed by atoms with van der Waals surface area (Å²) >= 11 is 0. The lowest BCUT2D eigenvalue weighted by Gasteiger charge is -1.97. The zero-order valence-electron chi connectivity index (χ0n) is 6.45. The Kier molecular flexibility index (Phi) is 6.55. The van der Waals surface area contributed by atoms with E-state index >= 15 is 0 Å². The van der Waals surface area contributed by atoms with E-state index in [0.717, 1.165) is 19.3 Å². The summed E-state index contributed by atoms with van der Waals surface area (Å²) < 4.78 is 0. The maximum Gasteiger partial charge on any atom is 0.151 e. The van der Waals surface area contributed by atoms with Crippen molar-refractivity contribution in [3.05, 3.63) is 12.2 Å². The summed E-state index contributed by atoms with van der Waals surface area (Å²) in [4.78, 5) is 0. The average molecular weight is 144 g/mol. The van der Waals surface area contributed by atoms with Crippen molar-refractivity contribution in [3.8, 4) is 0 Å². The van der Waals surface area contributed by atoms with Crippen molar-refractivity contribution >= 4 is 0 Å². The van der Waals surface area contributed by atoms with E-state index in [2.05, 4.69) is 13.0 Å². The van der Waals surface area contributed by atoms with E-state index in [1.807, 2.05) is 6.08 Å². The summed E-state index contributed by atoms with van der Waals surface area (Å²) in [6, 6.07) is 0. The van der Waals surface area contributed by atoms with Crippen LogP contribution in [0.1, 0.15) is 32.6 Å². The summed E-state index contributed by atoms with van der Waals surface area (Å²) in [5, 5.41) is 16.9. The molecule has 10 heavy (non-hydrogen) atoms. The second-order valence-electron chi connectivity index (χ2n) is 2.32. The van der Waals surface area contributed by atoms with Crippen molar-refractivity contribution in [2.24, 2.45) is 0 Å². The maximum atomic E-state index is 8.43. The number of rotatable bonds is 5. The van der Waals surface area contributed by atoms with Gasteiger partial charge in [0.2, 0.25) is 0 Å². The van der Waals surface area contributed by atoms with E-state index in [-0.39, 0.29) is 0 Å². The Morgan fingerprint density at radius 1 is 1.20 bits per heavy atom. The number of aliphatic hydroxyl groups excluding tert-OH is 1. The van der Waals surface area contributed by atoms with Crippen LogP contribution in [0.25, 0.3) is 0 Å². The molecular formula is C8H16O2. The van der Waals surface area contributed by atoms with Crippen LogP contribution in [0.4, 0.5) is 0 Å². The molecule has 0 spiro atoms. The van der Waals surface area contributed by atoms with Gasteiger partial charge in [-0.25, -0.2) is 0 Å². The molecule has 0 fully saturated rings. The van der Waals surface area contributed by atoms with Gasteiger partial charge < -0.3 is 10.2 Å². The molecule has 2 N–H and O–H groups in total. The zero-order chi connectivity index (χ0) is 7.82. The zero-order valence-corrected chi connectivity index (χ0v) is 6.45. The van der Waals surface area contributed by atoms with Gasteiger partial charge in [0.15, 0.2) is 6.29 Å². The monoisotopic (exact) mass is 144 g/mol. The third kappa shape index (κ3) is 7.66. The highest BCUT2D eigenvalue weighted by Crippen LogP contribution is 1.96. The van der Waals surface area contributed by atoms with Gasteiger partial charge in [-0.15, -0.1) is 0 Å². The molecule has 0 aliphatic heterocycles. The second kappa shape index (κ2) is 6.78. The molecule has 0 unspecified atom stereocenters. The van der Waals surface area contributed by atoms with Crippen LogP contribution in [0.15, 0.2) is 12.2 Å². The molecule has 0 saturated carbocycles. The van der Waals surface area contributed by atoms with E-state index in [4.69, 9.17) is 10.2 Å². The summed E-state index contributed by atoms with van der Waals surface area (Å²) in [7, 11) is 0. The molecule has 0 aliphatic rings. The Morgan fingerprint density at radius 3 is 2.30 bits per heavy atom. The molecule has 2 nitrogen and oxygen atoms in total. The van der Waals surface area contributed by atoms with Crippen LogP contribution in [0, 0.1) is 0 Å². The molecule has 0 rings (SSSR count).